The number of benzene rings is 1. The number of rotatable bonds is 5. The number of thioether (sulfide) groups is 1. The Morgan fingerprint density at radius 2 is 1.90 bits per heavy atom. The second-order valence-corrected chi connectivity index (χ2v) is 6.50. The summed E-state index contributed by atoms with van der Waals surface area (Å²) in [5.41, 5.74) is 6.62. The lowest BCUT2D eigenvalue weighted by Crippen LogP contribution is -2.49. The molecule has 6 heteroatoms. The largest absolute Gasteiger partial charge is 0.359 e. The number of amides is 1. The van der Waals surface area contributed by atoms with E-state index >= 15 is 0 Å². The Balaban J connectivity index is 1.55. The smallest absolute Gasteiger partial charge is 0.248 e. The first-order chi connectivity index (χ1) is 10.2. The third kappa shape index (κ3) is 6.35. The molecule has 1 fully saturated rings. The van der Waals surface area contributed by atoms with Gasteiger partial charge in [-0.1, -0.05) is 43.2 Å². The fourth-order valence-electron chi connectivity index (χ4n) is 2.29. The zero-order valence-electron chi connectivity index (χ0n) is 11.9. The molecule has 3 N–H and O–H groups in total. The molecular formula is C15H21N3OS2. The van der Waals surface area contributed by atoms with Crippen molar-refractivity contribution in [2.24, 2.45) is 0 Å². The summed E-state index contributed by atoms with van der Waals surface area (Å²) in [6, 6.07) is 10.6. The summed E-state index contributed by atoms with van der Waals surface area (Å²) in [7, 11) is 0. The highest BCUT2D eigenvalue weighted by Crippen LogP contribution is 2.17. The van der Waals surface area contributed by atoms with Gasteiger partial charge in [0, 0.05) is 11.8 Å². The predicted molar refractivity (Wildman–Crippen MR) is 91.9 cm³/mol. The maximum atomic E-state index is 11.7. The van der Waals surface area contributed by atoms with Crippen LogP contribution in [0.25, 0.3) is 0 Å². The normalized spacial score (nSPS) is 14.7. The van der Waals surface area contributed by atoms with Crippen molar-refractivity contribution < 1.29 is 4.79 Å². The second-order valence-electron chi connectivity index (χ2n) is 5.11. The zero-order valence-corrected chi connectivity index (χ0v) is 13.6. The van der Waals surface area contributed by atoms with Crippen LogP contribution in [0.1, 0.15) is 31.2 Å². The van der Waals surface area contributed by atoms with Crippen LogP contribution in [0.3, 0.4) is 0 Å². The fraction of sp³-hybridized carbons (Fsp3) is 0.467. The number of hydrogen-bond donors (Lipinski definition) is 3. The maximum Gasteiger partial charge on any atom is 0.248 e. The van der Waals surface area contributed by atoms with Gasteiger partial charge in [-0.2, -0.15) is 0 Å². The molecule has 0 atom stereocenters. The monoisotopic (exact) mass is 323 g/mol. The van der Waals surface area contributed by atoms with E-state index in [9.17, 15) is 4.79 Å². The first-order valence-corrected chi connectivity index (χ1v) is 8.77. The van der Waals surface area contributed by atoms with Gasteiger partial charge < -0.3 is 5.32 Å². The highest BCUT2D eigenvalue weighted by molar-refractivity contribution is 7.99. The fourth-order valence-corrected chi connectivity index (χ4v) is 3.30. The number of hydrogen-bond acceptors (Lipinski definition) is 3. The van der Waals surface area contributed by atoms with E-state index < -0.39 is 0 Å². The molecule has 0 radical (unpaired) electrons. The topological polar surface area (TPSA) is 53.2 Å². The maximum absolute atomic E-state index is 11.7. The number of nitrogens with one attached hydrogen (secondary N) is 3. The summed E-state index contributed by atoms with van der Waals surface area (Å²) in [5, 5.41) is 3.72. The Labute approximate surface area is 135 Å². The Morgan fingerprint density at radius 1 is 1.19 bits per heavy atom. The van der Waals surface area contributed by atoms with Gasteiger partial charge in [0.05, 0.1) is 5.75 Å². The minimum atomic E-state index is -0.0634. The van der Waals surface area contributed by atoms with Crippen LogP contribution in [-0.2, 0) is 10.5 Å². The molecule has 0 spiro atoms. The van der Waals surface area contributed by atoms with Crippen LogP contribution in [0, 0.1) is 0 Å². The highest BCUT2D eigenvalue weighted by atomic mass is 32.2. The molecule has 2 rings (SSSR count). The minimum absolute atomic E-state index is 0.0634. The van der Waals surface area contributed by atoms with Gasteiger partial charge in [-0.05, 0) is 30.6 Å². The molecule has 1 aromatic carbocycles. The Hall–Kier alpha value is -1.27. The summed E-state index contributed by atoms with van der Waals surface area (Å²) < 4.78 is 0. The summed E-state index contributed by atoms with van der Waals surface area (Å²) in [6.45, 7) is 0. The third-order valence-corrected chi connectivity index (χ3v) is 4.57. The SMILES string of the molecule is O=C(CSCc1ccccc1)NNC(=S)NC1CCCC1. The number of hydrazine groups is 1. The van der Waals surface area contributed by atoms with Gasteiger partial charge in [0.15, 0.2) is 5.11 Å². The molecule has 0 bridgehead atoms. The average molecular weight is 323 g/mol. The van der Waals surface area contributed by atoms with Gasteiger partial charge in [-0.25, -0.2) is 0 Å². The lowest BCUT2D eigenvalue weighted by Gasteiger charge is -2.16. The Bertz CT molecular complexity index is 461. The van der Waals surface area contributed by atoms with Gasteiger partial charge in [0.25, 0.3) is 0 Å². The lowest BCUT2D eigenvalue weighted by atomic mass is 10.2. The van der Waals surface area contributed by atoms with Crippen LogP contribution in [0.15, 0.2) is 30.3 Å². The van der Waals surface area contributed by atoms with Crippen molar-refractivity contribution in [3.05, 3.63) is 35.9 Å². The van der Waals surface area contributed by atoms with Gasteiger partial charge in [0.2, 0.25) is 5.91 Å². The van der Waals surface area contributed by atoms with Crippen LogP contribution in [0.2, 0.25) is 0 Å². The van der Waals surface area contributed by atoms with Crippen LogP contribution in [0.4, 0.5) is 0 Å². The molecule has 1 saturated carbocycles. The van der Waals surface area contributed by atoms with Crippen molar-refractivity contribution in [3.63, 3.8) is 0 Å². The van der Waals surface area contributed by atoms with Crippen molar-refractivity contribution in [1.82, 2.24) is 16.2 Å². The molecule has 0 saturated heterocycles. The van der Waals surface area contributed by atoms with E-state index in [4.69, 9.17) is 12.2 Å². The summed E-state index contributed by atoms with van der Waals surface area (Å²) >= 11 is 6.74. The Morgan fingerprint density at radius 3 is 2.62 bits per heavy atom. The first kappa shape index (κ1) is 16.1. The van der Waals surface area contributed by atoms with Crippen molar-refractivity contribution >= 4 is 35.0 Å². The molecule has 1 amide bonds. The van der Waals surface area contributed by atoms with E-state index in [1.165, 1.54) is 18.4 Å². The van der Waals surface area contributed by atoms with E-state index in [1.54, 1.807) is 11.8 Å². The van der Waals surface area contributed by atoms with E-state index in [1.807, 2.05) is 18.2 Å². The van der Waals surface area contributed by atoms with Crippen molar-refractivity contribution in [1.29, 1.82) is 0 Å². The van der Waals surface area contributed by atoms with E-state index in [2.05, 4.69) is 28.3 Å². The highest BCUT2D eigenvalue weighted by Gasteiger charge is 2.15. The summed E-state index contributed by atoms with van der Waals surface area (Å²) in [6.07, 6.45) is 4.82. The lowest BCUT2D eigenvalue weighted by molar-refractivity contribution is -0.119. The number of thiocarbonyl (C=S) groups is 1. The standard InChI is InChI=1S/C15H21N3OS2/c19-14(11-21-10-12-6-2-1-3-7-12)17-18-15(20)16-13-8-4-5-9-13/h1-3,6-7,13H,4-5,8-11H2,(H,17,19)(H2,16,18,20). The van der Waals surface area contributed by atoms with Crippen LogP contribution < -0.4 is 16.2 Å². The van der Waals surface area contributed by atoms with E-state index in [0.717, 1.165) is 18.6 Å². The van der Waals surface area contributed by atoms with Gasteiger partial charge in [-0.3, -0.25) is 15.6 Å². The minimum Gasteiger partial charge on any atom is -0.359 e. The molecule has 0 unspecified atom stereocenters. The van der Waals surface area contributed by atoms with Crippen LogP contribution >= 0.6 is 24.0 Å². The second kappa shape index (κ2) is 8.89. The molecule has 0 aliphatic heterocycles. The van der Waals surface area contributed by atoms with Gasteiger partial charge >= 0.3 is 0 Å². The zero-order chi connectivity index (χ0) is 14.9. The van der Waals surface area contributed by atoms with Crippen molar-refractivity contribution in [3.8, 4) is 0 Å². The Kier molecular flexibility index (Phi) is 6.82. The van der Waals surface area contributed by atoms with Crippen molar-refractivity contribution in [2.75, 3.05) is 5.75 Å². The molecule has 21 heavy (non-hydrogen) atoms. The van der Waals surface area contributed by atoms with Crippen LogP contribution in [-0.4, -0.2) is 22.8 Å². The van der Waals surface area contributed by atoms with Crippen molar-refractivity contribution in [2.45, 2.75) is 37.5 Å². The predicted octanol–water partition coefficient (Wildman–Crippen LogP) is 2.36. The first-order valence-electron chi connectivity index (χ1n) is 7.21. The summed E-state index contributed by atoms with van der Waals surface area (Å²) in [4.78, 5) is 11.7. The molecule has 0 heterocycles. The molecule has 1 aromatic rings. The number of carbonyl (C=O) groups is 1. The molecule has 1 aliphatic carbocycles. The molecular weight excluding hydrogens is 302 g/mol. The third-order valence-electron chi connectivity index (χ3n) is 3.35. The molecule has 114 valence electrons. The van der Waals surface area contributed by atoms with E-state index in [-0.39, 0.29) is 5.91 Å². The van der Waals surface area contributed by atoms with Gasteiger partial charge in [-0.15, -0.1) is 11.8 Å². The molecule has 0 aromatic heterocycles. The van der Waals surface area contributed by atoms with E-state index in [0.29, 0.717) is 16.9 Å². The number of carbonyl (C=O) groups excluding carboxylic acids is 1. The quantitative estimate of drug-likeness (QED) is 0.574. The average Bonchev–Trinajstić information content (AvgIpc) is 2.99. The summed E-state index contributed by atoms with van der Waals surface area (Å²) in [5.74, 6) is 1.18. The molecule has 4 nitrogen and oxygen atoms in total. The molecule has 1 aliphatic rings. The van der Waals surface area contributed by atoms with Gasteiger partial charge in [0.1, 0.15) is 0 Å². The van der Waals surface area contributed by atoms with Crippen LogP contribution in [0.5, 0.6) is 0 Å².